The Morgan fingerprint density at radius 2 is 1.90 bits per heavy atom. The first-order valence-corrected chi connectivity index (χ1v) is 10.2. The van der Waals surface area contributed by atoms with Crippen LogP contribution >= 0.6 is 0 Å². The van der Waals surface area contributed by atoms with Crippen LogP contribution in [0.15, 0.2) is 0 Å². The molecule has 21 heavy (non-hydrogen) atoms. The Morgan fingerprint density at radius 3 is 2.43 bits per heavy atom. The van der Waals surface area contributed by atoms with Crippen LogP contribution in [0.3, 0.4) is 0 Å². The average Bonchev–Trinajstić information content (AvgIpc) is 2.86. The minimum Gasteiger partial charge on any atom is -0.383 e. The largest absolute Gasteiger partial charge is 0.383 e. The van der Waals surface area contributed by atoms with Gasteiger partial charge in [-0.25, -0.2) is 26.3 Å². The summed E-state index contributed by atoms with van der Waals surface area (Å²) in [5.41, 5.74) is -0.370. The summed E-state index contributed by atoms with van der Waals surface area (Å²) in [5.74, 6) is -0.351. The lowest BCUT2D eigenvalue weighted by molar-refractivity contribution is 0.122. The zero-order valence-electron chi connectivity index (χ0n) is 12.5. The molecule has 1 saturated heterocycles. The van der Waals surface area contributed by atoms with Crippen LogP contribution in [0.4, 0.5) is 0 Å². The molecule has 1 aliphatic rings. The summed E-state index contributed by atoms with van der Waals surface area (Å²) in [6.45, 7) is 2.87. The Labute approximate surface area is 127 Å². The van der Waals surface area contributed by atoms with E-state index in [9.17, 15) is 16.8 Å². The van der Waals surface area contributed by atoms with E-state index in [2.05, 4.69) is 14.8 Å². The number of rotatable bonds is 10. The van der Waals surface area contributed by atoms with Crippen LogP contribution in [0.5, 0.6) is 0 Å². The molecule has 0 aromatic heterocycles. The van der Waals surface area contributed by atoms with Gasteiger partial charge >= 0.3 is 0 Å². The summed E-state index contributed by atoms with van der Waals surface area (Å²) in [6.07, 6.45) is 1.81. The Kier molecular flexibility index (Phi) is 7.01. The lowest BCUT2D eigenvalue weighted by atomic mass is 9.99. The van der Waals surface area contributed by atoms with Crippen molar-refractivity contribution in [1.29, 1.82) is 0 Å². The molecule has 1 rings (SSSR count). The van der Waals surface area contributed by atoms with Crippen molar-refractivity contribution in [1.82, 2.24) is 14.8 Å². The van der Waals surface area contributed by atoms with Gasteiger partial charge in [-0.3, -0.25) is 0 Å². The van der Waals surface area contributed by atoms with Gasteiger partial charge in [0.05, 0.1) is 23.7 Å². The predicted octanol–water partition coefficient (Wildman–Crippen LogP) is -1.39. The van der Waals surface area contributed by atoms with Gasteiger partial charge in [-0.15, -0.1) is 0 Å². The molecule has 0 spiro atoms. The smallest absolute Gasteiger partial charge is 0.212 e. The summed E-state index contributed by atoms with van der Waals surface area (Å²) in [5, 5.41) is 3.27. The van der Waals surface area contributed by atoms with Crippen molar-refractivity contribution in [3.63, 3.8) is 0 Å². The van der Waals surface area contributed by atoms with E-state index < -0.39 is 20.0 Å². The minimum absolute atomic E-state index is 0.0681. The molecule has 0 radical (unpaired) electrons. The summed E-state index contributed by atoms with van der Waals surface area (Å²) < 4.78 is 56.2. The fourth-order valence-electron chi connectivity index (χ4n) is 2.22. The Balaban J connectivity index is 2.45. The van der Waals surface area contributed by atoms with Crippen molar-refractivity contribution in [3.8, 4) is 0 Å². The zero-order chi connectivity index (χ0) is 16.0. The van der Waals surface area contributed by atoms with Gasteiger partial charge in [-0.05, 0) is 26.3 Å². The first-order valence-electron chi connectivity index (χ1n) is 6.93. The molecule has 0 bridgehead atoms. The SMILES string of the molecule is CCS(=O)(=O)NCCS(=O)(=O)NCC1(COC)CCCN1. The molecule has 126 valence electrons. The Morgan fingerprint density at radius 1 is 1.19 bits per heavy atom. The van der Waals surface area contributed by atoms with Gasteiger partial charge < -0.3 is 10.1 Å². The van der Waals surface area contributed by atoms with E-state index in [-0.39, 0.29) is 30.1 Å². The van der Waals surface area contributed by atoms with E-state index in [1.54, 1.807) is 7.11 Å². The molecule has 1 aliphatic heterocycles. The highest BCUT2D eigenvalue weighted by molar-refractivity contribution is 7.90. The topological polar surface area (TPSA) is 114 Å². The van der Waals surface area contributed by atoms with Crippen molar-refractivity contribution in [2.75, 3.05) is 44.9 Å². The number of sulfonamides is 2. The second-order valence-electron chi connectivity index (χ2n) is 5.18. The van der Waals surface area contributed by atoms with E-state index in [1.165, 1.54) is 6.92 Å². The first kappa shape index (κ1) is 18.8. The van der Waals surface area contributed by atoms with E-state index >= 15 is 0 Å². The maximum absolute atomic E-state index is 11.9. The van der Waals surface area contributed by atoms with Crippen LogP contribution in [-0.2, 0) is 24.8 Å². The van der Waals surface area contributed by atoms with E-state index in [1.807, 2.05) is 0 Å². The molecule has 1 fully saturated rings. The fraction of sp³-hybridized carbons (Fsp3) is 1.00. The van der Waals surface area contributed by atoms with Crippen molar-refractivity contribution in [2.45, 2.75) is 25.3 Å². The maximum atomic E-state index is 11.9. The molecule has 3 N–H and O–H groups in total. The molecule has 0 aliphatic carbocycles. The minimum atomic E-state index is -3.53. The van der Waals surface area contributed by atoms with Gasteiger partial charge in [0.15, 0.2) is 0 Å². The highest BCUT2D eigenvalue weighted by atomic mass is 32.2. The zero-order valence-corrected chi connectivity index (χ0v) is 14.1. The first-order chi connectivity index (χ1) is 9.74. The quantitative estimate of drug-likeness (QED) is 0.450. The van der Waals surface area contributed by atoms with Gasteiger partial charge in [0.2, 0.25) is 20.0 Å². The summed E-state index contributed by atoms with van der Waals surface area (Å²) in [6, 6.07) is 0. The third-order valence-corrected chi connectivity index (χ3v) is 6.19. The summed E-state index contributed by atoms with van der Waals surface area (Å²) in [4.78, 5) is 0. The molecule has 1 atom stereocenters. The third kappa shape index (κ3) is 6.57. The van der Waals surface area contributed by atoms with Crippen molar-refractivity contribution < 1.29 is 21.6 Å². The molecule has 0 aromatic rings. The number of hydrogen-bond acceptors (Lipinski definition) is 6. The molecule has 0 aromatic carbocycles. The molecule has 0 amide bonds. The molecule has 10 heteroatoms. The lowest BCUT2D eigenvalue weighted by Gasteiger charge is -2.28. The van der Waals surface area contributed by atoms with Crippen LogP contribution in [0.1, 0.15) is 19.8 Å². The van der Waals surface area contributed by atoms with Gasteiger partial charge in [0.25, 0.3) is 0 Å². The molecule has 8 nitrogen and oxygen atoms in total. The summed E-state index contributed by atoms with van der Waals surface area (Å²) >= 11 is 0. The van der Waals surface area contributed by atoms with Crippen molar-refractivity contribution in [2.24, 2.45) is 0 Å². The van der Waals surface area contributed by atoms with Crippen LogP contribution in [0.25, 0.3) is 0 Å². The Bertz CT molecular complexity index is 512. The predicted molar refractivity (Wildman–Crippen MR) is 81.1 cm³/mol. The maximum Gasteiger partial charge on any atom is 0.212 e. The van der Waals surface area contributed by atoms with Crippen LogP contribution in [-0.4, -0.2) is 67.2 Å². The lowest BCUT2D eigenvalue weighted by Crippen LogP contribution is -2.53. The summed E-state index contributed by atoms with van der Waals surface area (Å²) in [7, 11) is -5.32. The third-order valence-electron chi connectivity index (χ3n) is 3.46. The van der Waals surface area contributed by atoms with E-state index in [4.69, 9.17) is 4.74 Å². The van der Waals surface area contributed by atoms with Crippen molar-refractivity contribution in [3.05, 3.63) is 0 Å². The fourth-order valence-corrected chi connectivity index (χ4v) is 3.98. The number of methoxy groups -OCH3 is 1. The number of nitrogens with one attached hydrogen (secondary N) is 3. The van der Waals surface area contributed by atoms with Crippen LogP contribution in [0, 0.1) is 0 Å². The van der Waals surface area contributed by atoms with E-state index in [0.29, 0.717) is 6.61 Å². The number of ether oxygens (including phenoxy) is 1. The number of hydrogen-bond donors (Lipinski definition) is 3. The van der Waals surface area contributed by atoms with Gasteiger partial charge in [0.1, 0.15) is 0 Å². The average molecular weight is 343 g/mol. The van der Waals surface area contributed by atoms with E-state index in [0.717, 1.165) is 19.4 Å². The van der Waals surface area contributed by atoms with Gasteiger partial charge in [-0.2, -0.15) is 0 Å². The molecule has 0 saturated carbocycles. The molecule has 1 unspecified atom stereocenters. The molecular formula is C11H25N3O5S2. The normalized spacial score (nSPS) is 23.5. The van der Waals surface area contributed by atoms with Crippen molar-refractivity contribution >= 4 is 20.0 Å². The second kappa shape index (κ2) is 7.84. The second-order valence-corrected chi connectivity index (χ2v) is 9.20. The molecular weight excluding hydrogens is 318 g/mol. The van der Waals surface area contributed by atoms with Crippen LogP contribution in [0.2, 0.25) is 0 Å². The Hall–Kier alpha value is -0.260. The monoisotopic (exact) mass is 343 g/mol. The van der Waals surface area contributed by atoms with Crippen LogP contribution < -0.4 is 14.8 Å². The highest BCUT2D eigenvalue weighted by Gasteiger charge is 2.34. The standard InChI is InChI=1S/C11H25N3O5S2/c1-3-20(15,16)13-7-8-21(17,18)14-9-11(10-19-2)5-4-6-12-11/h12-14H,3-10H2,1-2H3. The van der Waals surface area contributed by atoms with Gasteiger partial charge in [0, 0.05) is 20.2 Å². The molecule has 1 heterocycles. The highest BCUT2D eigenvalue weighted by Crippen LogP contribution is 2.19. The van der Waals surface area contributed by atoms with Gasteiger partial charge in [-0.1, -0.05) is 0 Å².